The maximum absolute atomic E-state index is 10.3. The van der Waals surface area contributed by atoms with Gasteiger partial charge in [0.15, 0.2) is 0 Å². The molecule has 0 aromatic heterocycles. The van der Waals surface area contributed by atoms with Crippen LogP contribution in [0.3, 0.4) is 0 Å². The van der Waals surface area contributed by atoms with Gasteiger partial charge in [-0.25, -0.2) is 0 Å². The van der Waals surface area contributed by atoms with Crippen molar-refractivity contribution in [1.82, 2.24) is 0 Å². The third-order valence-corrected chi connectivity index (χ3v) is 1.13. The van der Waals surface area contributed by atoms with Gasteiger partial charge in [0.1, 0.15) is 6.61 Å². The number of esters is 1. The Hall–Kier alpha value is -1.27. The second-order valence-electron chi connectivity index (χ2n) is 2.31. The van der Waals surface area contributed by atoms with Crippen molar-refractivity contribution < 1.29 is 14.6 Å². The summed E-state index contributed by atoms with van der Waals surface area (Å²) in [6.45, 7) is 1.77. The molecule has 1 N–H and O–H groups in total. The summed E-state index contributed by atoms with van der Waals surface area (Å²) in [4.78, 5) is 10.3. The second kappa shape index (κ2) is 8.82. The van der Waals surface area contributed by atoms with Crippen LogP contribution in [0.15, 0.2) is 12.2 Å². The molecule has 0 heterocycles. The standard InChI is InChI=1S/C10H14O3/c1-10(12)13-9-7-5-3-2-4-6-8-11/h5,7,11H,3,6,8-9H2,1H3/b7-5+. The lowest BCUT2D eigenvalue weighted by Gasteiger charge is -1.92. The van der Waals surface area contributed by atoms with Crippen LogP contribution in [0.25, 0.3) is 0 Å². The van der Waals surface area contributed by atoms with Crippen LogP contribution in [-0.4, -0.2) is 24.3 Å². The van der Waals surface area contributed by atoms with E-state index in [4.69, 9.17) is 5.11 Å². The summed E-state index contributed by atoms with van der Waals surface area (Å²) in [5.41, 5.74) is 0. The van der Waals surface area contributed by atoms with Crippen molar-refractivity contribution >= 4 is 5.97 Å². The smallest absolute Gasteiger partial charge is 0.302 e. The second-order valence-corrected chi connectivity index (χ2v) is 2.31. The van der Waals surface area contributed by atoms with Gasteiger partial charge < -0.3 is 9.84 Å². The largest absolute Gasteiger partial charge is 0.462 e. The molecule has 0 bridgehead atoms. The van der Waals surface area contributed by atoms with Crippen LogP contribution in [0.2, 0.25) is 0 Å². The Labute approximate surface area is 78.4 Å². The van der Waals surface area contributed by atoms with Crippen LogP contribution in [0.1, 0.15) is 19.8 Å². The first kappa shape index (κ1) is 11.7. The van der Waals surface area contributed by atoms with Crippen molar-refractivity contribution in [3.63, 3.8) is 0 Å². The van der Waals surface area contributed by atoms with Gasteiger partial charge in [-0.1, -0.05) is 18.1 Å². The molecule has 0 saturated heterocycles. The van der Waals surface area contributed by atoms with Gasteiger partial charge in [0.05, 0.1) is 6.61 Å². The Bertz CT molecular complexity index is 220. The normalized spacial score (nSPS) is 9.38. The predicted octanol–water partition coefficient (Wildman–Crippen LogP) is 0.882. The maximum atomic E-state index is 10.3. The van der Waals surface area contributed by atoms with Gasteiger partial charge in [0.2, 0.25) is 0 Å². The first-order valence-electron chi connectivity index (χ1n) is 4.12. The number of allylic oxidation sites excluding steroid dienone is 1. The lowest BCUT2D eigenvalue weighted by atomic mass is 10.3. The topological polar surface area (TPSA) is 46.5 Å². The lowest BCUT2D eigenvalue weighted by molar-refractivity contribution is -0.139. The van der Waals surface area contributed by atoms with Crippen molar-refractivity contribution in [1.29, 1.82) is 0 Å². The van der Waals surface area contributed by atoms with E-state index in [-0.39, 0.29) is 12.6 Å². The first-order chi connectivity index (χ1) is 6.27. The molecule has 0 atom stereocenters. The first-order valence-corrected chi connectivity index (χ1v) is 4.12. The van der Waals surface area contributed by atoms with Crippen molar-refractivity contribution in [3.8, 4) is 11.8 Å². The molecule has 3 nitrogen and oxygen atoms in total. The third kappa shape index (κ3) is 10.7. The van der Waals surface area contributed by atoms with Gasteiger partial charge in [-0.2, -0.15) is 0 Å². The Balaban J connectivity index is 3.33. The van der Waals surface area contributed by atoms with E-state index >= 15 is 0 Å². The number of rotatable bonds is 4. The molecule has 0 aliphatic heterocycles. The zero-order valence-corrected chi connectivity index (χ0v) is 7.75. The van der Waals surface area contributed by atoms with Crippen molar-refractivity contribution in [3.05, 3.63) is 12.2 Å². The zero-order valence-electron chi connectivity index (χ0n) is 7.75. The SMILES string of the molecule is CC(=O)OC/C=C/CC#CCCO. The molecule has 0 aromatic carbocycles. The summed E-state index contributed by atoms with van der Waals surface area (Å²) in [7, 11) is 0. The lowest BCUT2D eigenvalue weighted by Crippen LogP contribution is -1.97. The van der Waals surface area contributed by atoms with E-state index < -0.39 is 0 Å². The highest BCUT2D eigenvalue weighted by molar-refractivity contribution is 5.65. The highest BCUT2D eigenvalue weighted by Crippen LogP contribution is 1.83. The quantitative estimate of drug-likeness (QED) is 0.399. The minimum atomic E-state index is -0.281. The van der Waals surface area contributed by atoms with Crippen molar-refractivity contribution in [2.75, 3.05) is 13.2 Å². The highest BCUT2D eigenvalue weighted by atomic mass is 16.5. The van der Waals surface area contributed by atoms with Crippen LogP contribution in [0.5, 0.6) is 0 Å². The molecular formula is C10H14O3. The zero-order chi connectivity index (χ0) is 9.94. The average Bonchev–Trinajstić information content (AvgIpc) is 2.09. The molecule has 0 amide bonds. The van der Waals surface area contributed by atoms with Crippen molar-refractivity contribution in [2.24, 2.45) is 0 Å². The maximum Gasteiger partial charge on any atom is 0.302 e. The summed E-state index contributed by atoms with van der Waals surface area (Å²) in [5.74, 6) is 5.33. The molecule has 0 aliphatic carbocycles. The van der Waals surface area contributed by atoms with Gasteiger partial charge in [0.25, 0.3) is 0 Å². The number of ether oxygens (including phenoxy) is 1. The molecule has 0 spiro atoms. The Morgan fingerprint density at radius 3 is 2.85 bits per heavy atom. The van der Waals surface area contributed by atoms with E-state index in [0.717, 1.165) is 0 Å². The number of hydrogen-bond acceptors (Lipinski definition) is 3. The van der Waals surface area contributed by atoms with Crippen LogP contribution in [-0.2, 0) is 9.53 Å². The molecule has 72 valence electrons. The molecule has 0 aromatic rings. The molecule has 0 rings (SSSR count). The summed E-state index contributed by atoms with van der Waals surface area (Å²) in [6.07, 6.45) is 4.71. The Morgan fingerprint density at radius 2 is 2.23 bits per heavy atom. The minimum absolute atomic E-state index is 0.101. The number of carbonyl (C=O) groups excluding carboxylic acids is 1. The fourth-order valence-electron chi connectivity index (χ4n) is 0.592. The summed E-state index contributed by atoms with van der Waals surface area (Å²) >= 11 is 0. The molecular weight excluding hydrogens is 168 g/mol. The van der Waals surface area contributed by atoms with Gasteiger partial charge >= 0.3 is 5.97 Å². The number of aliphatic hydroxyl groups excluding tert-OH is 1. The summed E-state index contributed by atoms with van der Waals surface area (Å²) in [6, 6.07) is 0. The number of hydrogen-bond donors (Lipinski definition) is 1. The average molecular weight is 182 g/mol. The van der Waals surface area contributed by atoms with E-state index in [9.17, 15) is 4.79 Å². The summed E-state index contributed by atoms with van der Waals surface area (Å²) < 4.78 is 4.66. The van der Waals surface area contributed by atoms with Gasteiger partial charge in [0, 0.05) is 19.8 Å². The molecule has 0 radical (unpaired) electrons. The predicted molar refractivity (Wildman–Crippen MR) is 49.9 cm³/mol. The van der Waals surface area contributed by atoms with Crippen LogP contribution < -0.4 is 0 Å². The molecule has 0 fully saturated rings. The fourth-order valence-corrected chi connectivity index (χ4v) is 0.592. The van der Waals surface area contributed by atoms with Crippen LogP contribution >= 0.6 is 0 Å². The molecule has 0 unspecified atom stereocenters. The molecule has 0 aliphatic rings. The van der Waals surface area contributed by atoms with E-state index in [0.29, 0.717) is 19.4 Å². The van der Waals surface area contributed by atoms with Crippen molar-refractivity contribution in [2.45, 2.75) is 19.8 Å². The number of carbonyl (C=O) groups is 1. The fraction of sp³-hybridized carbons (Fsp3) is 0.500. The number of aliphatic hydroxyl groups is 1. The van der Waals surface area contributed by atoms with Gasteiger partial charge in [-0.05, 0) is 0 Å². The van der Waals surface area contributed by atoms with E-state index in [1.807, 2.05) is 6.08 Å². The highest BCUT2D eigenvalue weighted by Gasteiger charge is 1.85. The Kier molecular flexibility index (Phi) is 7.96. The monoisotopic (exact) mass is 182 g/mol. The van der Waals surface area contributed by atoms with Gasteiger partial charge in [-0.3, -0.25) is 4.79 Å². The minimum Gasteiger partial charge on any atom is -0.462 e. The summed E-state index contributed by atoms with van der Waals surface area (Å²) in [5, 5.41) is 8.39. The van der Waals surface area contributed by atoms with Crippen LogP contribution in [0, 0.1) is 11.8 Å². The van der Waals surface area contributed by atoms with E-state index in [1.165, 1.54) is 6.92 Å². The van der Waals surface area contributed by atoms with E-state index in [1.54, 1.807) is 6.08 Å². The van der Waals surface area contributed by atoms with Crippen LogP contribution in [0.4, 0.5) is 0 Å². The molecule has 0 saturated carbocycles. The van der Waals surface area contributed by atoms with E-state index in [2.05, 4.69) is 16.6 Å². The van der Waals surface area contributed by atoms with Gasteiger partial charge in [-0.15, -0.1) is 5.92 Å². The molecule has 13 heavy (non-hydrogen) atoms. The molecule has 3 heteroatoms. The third-order valence-electron chi connectivity index (χ3n) is 1.13. The Morgan fingerprint density at radius 1 is 1.46 bits per heavy atom.